The van der Waals surface area contributed by atoms with Gasteiger partial charge in [-0.1, -0.05) is 22.0 Å². The van der Waals surface area contributed by atoms with Crippen LogP contribution in [0.15, 0.2) is 33.7 Å². The van der Waals surface area contributed by atoms with E-state index in [1.54, 1.807) is 12.1 Å². The average molecular weight is 292 g/mol. The molecule has 0 saturated carbocycles. The van der Waals surface area contributed by atoms with Crippen LogP contribution in [0.1, 0.15) is 25.0 Å². The van der Waals surface area contributed by atoms with E-state index in [1.165, 1.54) is 6.26 Å². The zero-order chi connectivity index (χ0) is 12.6. The first kappa shape index (κ1) is 11.9. The topological polar surface area (TPSA) is 54.0 Å². The van der Waals surface area contributed by atoms with Crippen molar-refractivity contribution >= 4 is 26.9 Å². The normalized spacial score (nSPS) is 11.4. The molecule has 0 bridgehead atoms. The van der Waals surface area contributed by atoms with Crippen LogP contribution in [0.2, 0.25) is 0 Å². The zero-order valence-corrected chi connectivity index (χ0v) is 11.0. The van der Waals surface area contributed by atoms with E-state index in [0.717, 1.165) is 5.56 Å². The molecule has 86 valence electrons. The van der Waals surface area contributed by atoms with Gasteiger partial charge in [0, 0.05) is 4.32 Å². The van der Waals surface area contributed by atoms with Gasteiger partial charge in [-0.15, -0.1) is 0 Å². The van der Waals surface area contributed by atoms with Crippen molar-refractivity contribution in [1.29, 1.82) is 5.26 Å². The van der Waals surface area contributed by atoms with Gasteiger partial charge in [0.15, 0.2) is 0 Å². The lowest BCUT2D eigenvalue weighted by Gasteiger charge is -2.16. The maximum Gasteiger partial charge on any atom is 0.210 e. The van der Waals surface area contributed by atoms with E-state index in [0.29, 0.717) is 11.0 Å². The van der Waals surface area contributed by atoms with Crippen LogP contribution in [0, 0.1) is 11.3 Å². The van der Waals surface area contributed by atoms with Crippen molar-refractivity contribution < 1.29 is 4.42 Å². The molecule has 17 heavy (non-hydrogen) atoms. The van der Waals surface area contributed by atoms with Crippen LogP contribution in [0.25, 0.3) is 11.0 Å². The molecule has 2 rings (SSSR count). The standard InChI is InChI=1S/C13H10BrNO2/c1-13(2,14)9-3-4-11-10(5-9)12(16)8(6-15)7-17-11/h3-5,7H,1-2H3. The van der Waals surface area contributed by atoms with Gasteiger partial charge in [-0.3, -0.25) is 4.79 Å². The van der Waals surface area contributed by atoms with Crippen molar-refractivity contribution in [2.75, 3.05) is 0 Å². The zero-order valence-electron chi connectivity index (χ0n) is 9.45. The van der Waals surface area contributed by atoms with Crippen LogP contribution in [-0.4, -0.2) is 0 Å². The van der Waals surface area contributed by atoms with Crippen molar-refractivity contribution in [3.63, 3.8) is 0 Å². The molecule has 0 amide bonds. The van der Waals surface area contributed by atoms with Crippen LogP contribution in [0.3, 0.4) is 0 Å². The van der Waals surface area contributed by atoms with Crippen LogP contribution in [-0.2, 0) is 4.32 Å². The monoisotopic (exact) mass is 291 g/mol. The highest BCUT2D eigenvalue weighted by molar-refractivity contribution is 9.09. The molecule has 2 aromatic rings. The number of hydrogen-bond donors (Lipinski definition) is 0. The van der Waals surface area contributed by atoms with Crippen molar-refractivity contribution in [3.8, 4) is 6.07 Å². The lowest BCUT2D eigenvalue weighted by Crippen LogP contribution is -2.10. The number of nitriles is 1. The van der Waals surface area contributed by atoms with Gasteiger partial charge in [-0.2, -0.15) is 5.26 Å². The Morgan fingerprint density at radius 3 is 2.71 bits per heavy atom. The molecule has 0 aliphatic heterocycles. The predicted octanol–water partition coefficient (Wildman–Crippen LogP) is 3.29. The highest BCUT2D eigenvalue weighted by Gasteiger charge is 2.17. The van der Waals surface area contributed by atoms with Gasteiger partial charge < -0.3 is 4.42 Å². The Hall–Kier alpha value is -1.60. The van der Waals surface area contributed by atoms with E-state index in [-0.39, 0.29) is 15.3 Å². The minimum absolute atomic E-state index is 0.0297. The number of hydrogen-bond acceptors (Lipinski definition) is 3. The van der Waals surface area contributed by atoms with Crippen molar-refractivity contribution in [2.24, 2.45) is 0 Å². The summed E-state index contributed by atoms with van der Waals surface area (Å²) in [6.07, 6.45) is 1.20. The van der Waals surface area contributed by atoms with E-state index in [4.69, 9.17) is 9.68 Å². The molecule has 0 fully saturated rings. The van der Waals surface area contributed by atoms with Crippen LogP contribution in [0.5, 0.6) is 0 Å². The third-order valence-electron chi connectivity index (χ3n) is 2.58. The van der Waals surface area contributed by atoms with Gasteiger partial charge in [0.05, 0.1) is 5.39 Å². The first-order valence-electron chi connectivity index (χ1n) is 5.08. The molecular formula is C13H10BrNO2. The fourth-order valence-corrected chi connectivity index (χ4v) is 1.82. The number of halogens is 1. The fourth-order valence-electron chi connectivity index (χ4n) is 1.58. The van der Waals surface area contributed by atoms with Crippen LogP contribution in [0.4, 0.5) is 0 Å². The fraction of sp³-hybridized carbons (Fsp3) is 0.231. The molecule has 1 aromatic carbocycles. The maximum atomic E-state index is 11.9. The quantitative estimate of drug-likeness (QED) is 0.758. The van der Waals surface area contributed by atoms with Gasteiger partial charge in [0.2, 0.25) is 5.43 Å². The highest BCUT2D eigenvalue weighted by atomic mass is 79.9. The summed E-state index contributed by atoms with van der Waals surface area (Å²) in [4.78, 5) is 11.9. The second-order valence-electron chi connectivity index (χ2n) is 4.27. The molecule has 1 aromatic heterocycles. The largest absolute Gasteiger partial charge is 0.463 e. The summed E-state index contributed by atoms with van der Waals surface area (Å²) >= 11 is 3.53. The van der Waals surface area contributed by atoms with E-state index in [9.17, 15) is 4.79 Å². The molecule has 4 heteroatoms. The number of nitrogens with zero attached hydrogens (tertiary/aromatic N) is 1. The van der Waals surface area contributed by atoms with Gasteiger partial charge in [0.25, 0.3) is 0 Å². The van der Waals surface area contributed by atoms with Crippen LogP contribution < -0.4 is 5.43 Å². The molecule has 0 N–H and O–H groups in total. The minimum atomic E-state index is -0.285. The van der Waals surface area contributed by atoms with Crippen molar-refractivity contribution in [1.82, 2.24) is 0 Å². The molecule has 0 unspecified atom stereocenters. The van der Waals surface area contributed by atoms with Gasteiger partial charge in [0.1, 0.15) is 23.5 Å². The third kappa shape index (κ3) is 2.11. The molecule has 0 spiro atoms. The maximum absolute atomic E-state index is 11.9. The predicted molar refractivity (Wildman–Crippen MR) is 69.2 cm³/mol. The molecule has 0 aliphatic rings. The summed E-state index contributed by atoms with van der Waals surface area (Å²) in [5.41, 5.74) is 1.20. The molecule has 3 nitrogen and oxygen atoms in total. The number of alkyl halides is 1. The molecule has 0 saturated heterocycles. The Kier molecular flexibility index (Phi) is 2.80. The average Bonchev–Trinajstić information content (AvgIpc) is 2.28. The first-order valence-corrected chi connectivity index (χ1v) is 5.88. The smallest absolute Gasteiger partial charge is 0.210 e. The Morgan fingerprint density at radius 1 is 1.41 bits per heavy atom. The Labute approximate surface area is 107 Å². The first-order chi connectivity index (χ1) is 7.93. The summed E-state index contributed by atoms with van der Waals surface area (Å²) in [7, 11) is 0. The number of fused-ring (bicyclic) bond motifs is 1. The van der Waals surface area contributed by atoms with Gasteiger partial charge >= 0.3 is 0 Å². The summed E-state index contributed by atoms with van der Waals surface area (Å²) in [6.45, 7) is 3.98. The summed E-state index contributed by atoms with van der Waals surface area (Å²) in [5, 5.41) is 9.23. The molecule has 0 radical (unpaired) electrons. The molecule has 0 aliphatic carbocycles. The van der Waals surface area contributed by atoms with Crippen molar-refractivity contribution in [3.05, 3.63) is 45.8 Å². The number of benzene rings is 1. The van der Waals surface area contributed by atoms with Gasteiger partial charge in [-0.05, 0) is 31.5 Å². The SMILES string of the molecule is CC(C)(Br)c1ccc2occ(C#N)c(=O)c2c1. The van der Waals surface area contributed by atoms with Crippen LogP contribution >= 0.6 is 15.9 Å². The Morgan fingerprint density at radius 2 is 2.12 bits per heavy atom. The third-order valence-corrected chi connectivity index (χ3v) is 3.04. The minimum Gasteiger partial charge on any atom is -0.463 e. The summed E-state index contributed by atoms with van der Waals surface area (Å²) in [6, 6.07) is 7.23. The molecular weight excluding hydrogens is 282 g/mol. The number of rotatable bonds is 1. The Bertz CT molecular complexity index is 674. The second-order valence-corrected chi connectivity index (χ2v) is 6.26. The Balaban J connectivity index is 2.81. The van der Waals surface area contributed by atoms with Gasteiger partial charge in [-0.25, -0.2) is 0 Å². The van der Waals surface area contributed by atoms with E-state index >= 15 is 0 Å². The van der Waals surface area contributed by atoms with E-state index < -0.39 is 0 Å². The summed E-state index contributed by atoms with van der Waals surface area (Å²) in [5.74, 6) is 0. The van der Waals surface area contributed by atoms with E-state index in [1.807, 2.05) is 26.0 Å². The van der Waals surface area contributed by atoms with Crippen molar-refractivity contribution in [2.45, 2.75) is 18.2 Å². The lowest BCUT2D eigenvalue weighted by atomic mass is 10.0. The van der Waals surface area contributed by atoms with E-state index in [2.05, 4.69) is 15.9 Å². The molecule has 1 heterocycles. The highest BCUT2D eigenvalue weighted by Crippen LogP contribution is 2.31. The second kappa shape index (κ2) is 4.01. The molecule has 0 atom stereocenters. The lowest BCUT2D eigenvalue weighted by molar-refractivity contribution is 0.600. The summed E-state index contributed by atoms with van der Waals surface area (Å²) < 4.78 is 5.02.